The van der Waals surface area contributed by atoms with E-state index in [1.54, 1.807) is 12.3 Å². The van der Waals surface area contributed by atoms with Crippen molar-refractivity contribution in [3.8, 4) is 0 Å². The third-order valence-electron chi connectivity index (χ3n) is 2.47. The van der Waals surface area contributed by atoms with Crippen molar-refractivity contribution >= 4 is 17.3 Å². The molecule has 0 fully saturated rings. The summed E-state index contributed by atoms with van der Waals surface area (Å²) in [5, 5.41) is 11.0. The maximum absolute atomic E-state index is 12.0. The first kappa shape index (κ1) is 13.6. The molecule has 0 atom stereocenters. The van der Waals surface area contributed by atoms with Crippen LogP contribution in [0.4, 0.5) is 5.69 Å². The van der Waals surface area contributed by atoms with Crippen LogP contribution in [0.2, 0.25) is 5.02 Å². The quantitative estimate of drug-likeness (QED) is 0.910. The molecular formula is C12H15ClN4O2. The standard InChI is InChI=1S/C12H15ClN4O2/c1-8(2)7-17-12(18)11(13)10(6-15-17)14-5-9-3-4-19-16-9/h3-4,6,8,14H,5,7H2,1-2H3. The number of halogens is 1. The Morgan fingerprint density at radius 1 is 1.53 bits per heavy atom. The first-order chi connectivity index (χ1) is 9.08. The summed E-state index contributed by atoms with van der Waals surface area (Å²) < 4.78 is 6.08. The van der Waals surface area contributed by atoms with Gasteiger partial charge in [0.2, 0.25) is 0 Å². The van der Waals surface area contributed by atoms with Gasteiger partial charge in [-0.05, 0) is 5.92 Å². The Bertz CT molecular complexity index is 592. The number of hydrogen-bond donors (Lipinski definition) is 1. The van der Waals surface area contributed by atoms with E-state index in [1.165, 1.54) is 10.9 Å². The fraction of sp³-hybridized carbons (Fsp3) is 0.417. The van der Waals surface area contributed by atoms with E-state index in [0.29, 0.717) is 24.7 Å². The van der Waals surface area contributed by atoms with Gasteiger partial charge in [-0.3, -0.25) is 4.79 Å². The third-order valence-corrected chi connectivity index (χ3v) is 2.84. The summed E-state index contributed by atoms with van der Waals surface area (Å²) >= 11 is 6.04. The highest BCUT2D eigenvalue weighted by molar-refractivity contribution is 6.32. The summed E-state index contributed by atoms with van der Waals surface area (Å²) in [6, 6.07) is 1.73. The summed E-state index contributed by atoms with van der Waals surface area (Å²) in [6.07, 6.45) is 3.03. The van der Waals surface area contributed by atoms with E-state index in [-0.39, 0.29) is 10.6 Å². The number of aromatic nitrogens is 3. The first-order valence-electron chi connectivity index (χ1n) is 5.96. The predicted molar refractivity (Wildman–Crippen MR) is 72.2 cm³/mol. The van der Waals surface area contributed by atoms with Crippen LogP contribution in [0.1, 0.15) is 19.5 Å². The molecule has 0 bridgehead atoms. The number of rotatable bonds is 5. The van der Waals surface area contributed by atoms with Gasteiger partial charge in [0.1, 0.15) is 17.0 Å². The molecule has 0 aromatic carbocycles. The topological polar surface area (TPSA) is 73.0 Å². The molecule has 0 aliphatic carbocycles. The Balaban J connectivity index is 2.14. The fourth-order valence-electron chi connectivity index (χ4n) is 1.58. The van der Waals surface area contributed by atoms with E-state index >= 15 is 0 Å². The molecule has 2 rings (SSSR count). The Morgan fingerprint density at radius 2 is 2.32 bits per heavy atom. The zero-order chi connectivity index (χ0) is 13.8. The molecule has 2 aromatic rings. The van der Waals surface area contributed by atoms with Gasteiger partial charge in [0.25, 0.3) is 5.56 Å². The predicted octanol–water partition coefficient (Wildman–Crippen LogP) is 2.15. The molecule has 0 unspecified atom stereocenters. The molecule has 0 amide bonds. The van der Waals surface area contributed by atoms with Gasteiger partial charge in [-0.1, -0.05) is 30.6 Å². The molecule has 19 heavy (non-hydrogen) atoms. The summed E-state index contributed by atoms with van der Waals surface area (Å²) in [5.41, 5.74) is 0.928. The number of nitrogens with zero attached hydrogens (tertiary/aromatic N) is 3. The molecule has 0 spiro atoms. The largest absolute Gasteiger partial charge is 0.377 e. The maximum Gasteiger partial charge on any atom is 0.287 e. The lowest BCUT2D eigenvalue weighted by Gasteiger charge is -2.10. The smallest absolute Gasteiger partial charge is 0.287 e. The summed E-state index contributed by atoms with van der Waals surface area (Å²) in [7, 11) is 0. The fourth-order valence-corrected chi connectivity index (χ4v) is 1.79. The van der Waals surface area contributed by atoms with Crippen molar-refractivity contribution in [1.82, 2.24) is 14.9 Å². The Labute approximate surface area is 115 Å². The maximum atomic E-state index is 12.0. The Kier molecular flexibility index (Phi) is 4.21. The van der Waals surface area contributed by atoms with Gasteiger partial charge < -0.3 is 9.84 Å². The van der Waals surface area contributed by atoms with Gasteiger partial charge >= 0.3 is 0 Å². The average molecular weight is 283 g/mol. The molecule has 0 aliphatic heterocycles. The second-order valence-electron chi connectivity index (χ2n) is 4.60. The third kappa shape index (κ3) is 3.35. The van der Waals surface area contributed by atoms with E-state index in [1.807, 2.05) is 13.8 Å². The van der Waals surface area contributed by atoms with Gasteiger partial charge in [-0.2, -0.15) is 5.10 Å². The van der Waals surface area contributed by atoms with Gasteiger partial charge in [0, 0.05) is 12.6 Å². The van der Waals surface area contributed by atoms with Gasteiger partial charge in [0.05, 0.1) is 18.4 Å². The number of nitrogens with one attached hydrogen (secondary N) is 1. The van der Waals surface area contributed by atoms with Crippen molar-refractivity contribution in [2.24, 2.45) is 5.92 Å². The van der Waals surface area contributed by atoms with E-state index in [0.717, 1.165) is 5.69 Å². The van der Waals surface area contributed by atoms with Gasteiger partial charge in [-0.25, -0.2) is 4.68 Å². The van der Waals surface area contributed by atoms with Crippen LogP contribution in [0.15, 0.2) is 27.8 Å². The molecule has 2 aromatic heterocycles. The molecule has 102 valence electrons. The normalized spacial score (nSPS) is 10.9. The zero-order valence-corrected chi connectivity index (χ0v) is 11.5. The minimum absolute atomic E-state index is 0.138. The number of hydrogen-bond acceptors (Lipinski definition) is 5. The highest BCUT2D eigenvalue weighted by Crippen LogP contribution is 2.16. The summed E-state index contributed by atoms with van der Waals surface area (Å²) in [6.45, 7) is 4.99. The summed E-state index contributed by atoms with van der Waals surface area (Å²) in [5.74, 6) is 0.329. The van der Waals surface area contributed by atoms with Crippen LogP contribution < -0.4 is 10.9 Å². The Hall–Kier alpha value is -1.82. The monoisotopic (exact) mass is 282 g/mol. The summed E-state index contributed by atoms with van der Waals surface area (Å²) in [4.78, 5) is 12.0. The molecule has 2 heterocycles. The first-order valence-corrected chi connectivity index (χ1v) is 6.34. The average Bonchev–Trinajstić information content (AvgIpc) is 2.87. The van der Waals surface area contributed by atoms with E-state index in [4.69, 9.17) is 16.1 Å². The lowest BCUT2D eigenvalue weighted by Crippen LogP contribution is -2.26. The second-order valence-corrected chi connectivity index (χ2v) is 4.98. The van der Waals surface area contributed by atoms with Crippen molar-refractivity contribution in [1.29, 1.82) is 0 Å². The highest BCUT2D eigenvalue weighted by Gasteiger charge is 2.10. The van der Waals surface area contributed by atoms with Crippen LogP contribution in [-0.4, -0.2) is 14.9 Å². The minimum atomic E-state index is -0.291. The lowest BCUT2D eigenvalue weighted by molar-refractivity contribution is 0.412. The second kappa shape index (κ2) is 5.88. The molecule has 1 N–H and O–H groups in total. The van der Waals surface area contributed by atoms with Crippen LogP contribution in [0.25, 0.3) is 0 Å². The minimum Gasteiger partial charge on any atom is -0.377 e. The SMILES string of the molecule is CC(C)Cn1ncc(NCc2ccon2)c(Cl)c1=O. The molecule has 6 nitrogen and oxygen atoms in total. The molecule has 7 heteroatoms. The van der Waals surface area contributed by atoms with Gasteiger partial charge in [-0.15, -0.1) is 0 Å². The van der Waals surface area contributed by atoms with Crippen molar-refractivity contribution in [2.75, 3.05) is 5.32 Å². The van der Waals surface area contributed by atoms with Crippen molar-refractivity contribution in [3.05, 3.63) is 39.6 Å². The van der Waals surface area contributed by atoms with Crippen LogP contribution in [0.3, 0.4) is 0 Å². The van der Waals surface area contributed by atoms with Crippen LogP contribution >= 0.6 is 11.6 Å². The van der Waals surface area contributed by atoms with Crippen molar-refractivity contribution in [2.45, 2.75) is 26.9 Å². The van der Waals surface area contributed by atoms with E-state index in [9.17, 15) is 4.79 Å². The highest BCUT2D eigenvalue weighted by atomic mass is 35.5. The van der Waals surface area contributed by atoms with Crippen molar-refractivity contribution < 1.29 is 4.52 Å². The molecule has 0 saturated heterocycles. The molecule has 0 aliphatic rings. The van der Waals surface area contributed by atoms with Crippen LogP contribution in [-0.2, 0) is 13.1 Å². The van der Waals surface area contributed by atoms with E-state index < -0.39 is 0 Å². The Morgan fingerprint density at radius 3 is 2.95 bits per heavy atom. The molecule has 0 saturated carbocycles. The van der Waals surface area contributed by atoms with Crippen molar-refractivity contribution in [3.63, 3.8) is 0 Å². The van der Waals surface area contributed by atoms with Crippen LogP contribution in [0, 0.1) is 5.92 Å². The zero-order valence-electron chi connectivity index (χ0n) is 10.8. The lowest BCUT2D eigenvalue weighted by atomic mass is 10.2. The van der Waals surface area contributed by atoms with E-state index in [2.05, 4.69) is 15.6 Å². The number of anilines is 1. The molecule has 0 radical (unpaired) electrons. The van der Waals surface area contributed by atoms with Crippen LogP contribution in [0.5, 0.6) is 0 Å². The molecular weight excluding hydrogens is 268 g/mol. The van der Waals surface area contributed by atoms with Gasteiger partial charge in [0.15, 0.2) is 0 Å².